The molecular formula is C13H23N3O2S. The van der Waals surface area contributed by atoms with Gasteiger partial charge >= 0.3 is 5.82 Å². The van der Waals surface area contributed by atoms with Gasteiger partial charge in [0.25, 0.3) is 0 Å². The highest BCUT2D eigenvalue weighted by molar-refractivity contribution is 7.80. The number of aromatic nitrogens is 2. The number of aryl methyl sites for hydroxylation is 1. The zero-order chi connectivity index (χ0) is 14.5. The highest BCUT2D eigenvalue weighted by Crippen LogP contribution is 2.33. The fraction of sp³-hybridized carbons (Fsp3) is 0.769. The van der Waals surface area contributed by atoms with Crippen LogP contribution in [0.2, 0.25) is 0 Å². The minimum absolute atomic E-state index is 0.0407. The maximum Gasteiger partial charge on any atom is 0.392 e. The maximum atomic E-state index is 10.8. The van der Waals surface area contributed by atoms with Crippen molar-refractivity contribution >= 4 is 18.4 Å². The summed E-state index contributed by atoms with van der Waals surface area (Å²) >= 11 is 4.50. The Hall–Kier alpha value is -1.04. The molecule has 5 nitrogen and oxygen atoms in total. The second-order valence-corrected chi connectivity index (χ2v) is 5.56. The molecule has 0 unspecified atom stereocenters. The van der Waals surface area contributed by atoms with E-state index >= 15 is 0 Å². The minimum Gasteiger partial charge on any atom is -0.358 e. The van der Waals surface area contributed by atoms with Gasteiger partial charge in [0.2, 0.25) is 0 Å². The molecule has 0 saturated heterocycles. The Morgan fingerprint density at radius 1 is 1.42 bits per heavy atom. The van der Waals surface area contributed by atoms with E-state index < -0.39 is 4.92 Å². The molecule has 0 saturated carbocycles. The summed E-state index contributed by atoms with van der Waals surface area (Å²) in [4.78, 5) is 10.4. The summed E-state index contributed by atoms with van der Waals surface area (Å²) in [7, 11) is 0. The fourth-order valence-corrected chi connectivity index (χ4v) is 3.08. The van der Waals surface area contributed by atoms with E-state index in [4.69, 9.17) is 0 Å². The molecule has 0 aliphatic rings. The Morgan fingerprint density at radius 3 is 2.37 bits per heavy atom. The Bertz CT molecular complexity index is 426. The smallest absolute Gasteiger partial charge is 0.358 e. The summed E-state index contributed by atoms with van der Waals surface area (Å²) in [5.74, 6) is 0.738. The minimum atomic E-state index is -0.423. The Kier molecular flexibility index (Phi) is 5.85. The van der Waals surface area contributed by atoms with Gasteiger partial charge in [-0.3, -0.25) is 0 Å². The molecule has 0 amide bonds. The zero-order valence-corrected chi connectivity index (χ0v) is 12.8. The average Bonchev–Trinajstić information content (AvgIpc) is 2.70. The van der Waals surface area contributed by atoms with E-state index in [-0.39, 0.29) is 11.2 Å². The normalized spacial score (nSPS) is 11.8. The highest BCUT2D eigenvalue weighted by Gasteiger charge is 2.30. The third-order valence-electron chi connectivity index (χ3n) is 3.48. The van der Waals surface area contributed by atoms with Crippen molar-refractivity contribution in [2.45, 2.75) is 53.0 Å². The molecule has 0 aromatic carbocycles. The van der Waals surface area contributed by atoms with Gasteiger partial charge in [-0.1, -0.05) is 26.7 Å². The lowest BCUT2D eigenvalue weighted by Crippen LogP contribution is -2.29. The SMILES string of the molecule is CCCC(CS)(CCC)Cn1cc(C)c([N+](=O)[O-])n1. The van der Waals surface area contributed by atoms with Crippen molar-refractivity contribution in [3.8, 4) is 0 Å². The van der Waals surface area contributed by atoms with Gasteiger partial charge in [-0.25, -0.2) is 0 Å². The van der Waals surface area contributed by atoms with Crippen LogP contribution in [0.15, 0.2) is 6.20 Å². The first-order chi connectivity index (χ1) is 8.98. The van der Waals surface area contributed by atoms with Gasteiger partial charge in [0, 0.05) is 5.41 Å². The third kappa shape index (κ3) is 3.96. The average molecular weight is 285 g/mol. The summed E-state index contributed by atoms with van der Waals surface area (Å²) in [6, 6.07) is 0. The lowest BCUT2D eigenvalue weighted by atomic mass is 9.81. The van der Waals surface area contributed by atoms with Crippen LogP contribution in [0, 0.1) is 22.5 Å². The van der Waals surface area contributed by atoms with Gasteiger partial charge in [0.1, 0.15) is 0 Å². The molecule has 0 fully saturated rings. The van der Waals surface area contributed by atoms with Crippen LogP contribution in [0.5, 0.6) is 0 Å². The molecule has 0 spiro atoms. The molecule has 1 aromatic rings. The molecule has 0 radical (unpaired) electrons. The van der Waals surface area contributed by atoms with Crippen molar-refractivity contribution in [1.82, 2.24) is 9.78 Å². The van der Waals surface area contributed by atoms with Gasteiger partial charge in [-0.15, -0.1) is 0 Å². The Balaban J connectivity index is 2.95. The van der Waals surface area contributed by atoms with Gasteiger partial charge in [-0.05, 0) is 30.4 Å². The van der Waals surface area contributed by atoms with Gasteiger partial charge < -0.3 is 10.1 Å². The largest absolute Gasteiger partial charge is 0.392 e. The van der Waals surface area contributed by atoms with Crippen molar-refractivity contribution in [1.29, 1.82) is 0 Å². The van der Waals surface area contributed by atoms with E-state index in [1.165, 1.54) is 0 Å². The van der Waals surface area contributed by atoms with E-state index in [1.807, 2.05) is 0 Å². The van der Waals surface area contributed by atoms with Crippen LogP contribution < -0.4 is 0 Å². The Labute approximate surface area is 119 Å². The number of hydrogen-bond donors (Lipinski definition) is 1. The summed E-state index contributed by atoms with van der Waals surface area (Å²) in [5, 5.41) is 14.9. The molecule has 0 aliphatic heterocycles. The summed E-state index contributed by atoms with van der Waals surface area (Å²) in [5.41, 5.74) is 0.699. The molecule has 0 atom stereocenters. The van der Waals surface area contributed by atoms with Crippen LogP contribution in [0.4, 0.5) is 5.82 Å². The number of thiol groups is 1. The van der Waals surface area contributed by atoms with E-state index in [2.05, 4.69) is 31.6 Å². The first kappa shape index (κ1) is 16.0. The number of hydrogen-bond acceptors (Lipinski definition) is 4. The van der Waals surface area contributed by atoms with Crippen molar-refractivity contribution in [3.63, 3.8) is 0 Å². The van der Waals surface area contributed by atoms with Gasteiger partial charge in [-0.2, -0.15) is 17.3 Å². The van der Waals surface area contributed by atoms with Gasteiger partial charge in [0.05, 0.1) is 23.4 Å². The molecule has 6 heteroatoms. The molecule has 1 rings (SSSR count). The predicted octanol–water partition coefficient (Wildman–Crippen LogP) is 3.62. The quantitative estimate of drug-likeness (QED) is 0.451. The molecule has 1 aromatic heterocycles. The van der Waals surface area contributed by atoms with E-state index in [0.29, 0.717) is 12.1 Å². The fourth-order valence-electron chi connectivity index (χ4n) is 2.67. The predicted molar refractivity (Wildman–Crippen MR) is 79.7 cm³/mol. The molecule has 0 aliphatic carbocycles. The first-order valence-electron chi connectivity index (χ1n) is 6.77. The first-order valence-corrected chi connectivity index (χ1v) is 7.40. The topological polar surface area (TPSA) is 61.0 Å². The number of rotatable bonds is 8. The molecule has 0 bridgehead atoms. The summed E-state index contributed by atoms with van der Waals surface area (Å²) < 4.78 is 1.72. The van der Waals surface area contributed by atoms with E-state index in [0.717, 1.165) is 31.4 Å². The monoisotopic (exact) mass is 285 g/mol. The molecule has 1 heterocycles. The van der Waals surface area contributed by atoms with Crippen molar-refractivity contribution in [3.05, 3.63) is 21.9 Å². The maximum absolute atomic E-state index is 10.8. The van der Waals surface area contributed by atoms with Crippen molar-refractivity contribution in [2.75, 3.05) is 5.75 Å². The molecular weight excluding hydrogens is 262 g/mol. The van der Waals surface area contributed by atoms with Crippen LogP contribution in [0.1, 0.15) is 45.1 Å². The lowest BCUT2D eigenvalue weighted by molar-refractivity contribution is -0.390. The van der Waals surface area contributed by atoms with Crippen LogP contribution >= 0.6 is 12.6 Å². The van der Waals surface area contributed by atoms with E-state index in [1.54, 1.807) is 17.8 Å². The van der Waals surface area contributed by atoms with E-state index in [9.17, 15) is 10.1 Å². The van der Waals surface area contributed by atoms with Crippen LogP contribution in [-0.4, -0.2) is 20.5 Å². The summed E-state index contributed by atoms with van der Waals surface area (Å²) in [6.07, 6.45) is 6.07. The second kappa shape index (κ2) is 6.93. The lowest BCUT2D eigenvalue weighted by Gasteiger charge is -2.30. The highest BCUT2D eigenvalue weighted by atomic mass is 32.1. The van der Waals surface area contributed by atoms with Crippen LogP contribution in [0.25, 0.3) is 0 Å². The van der Waals surface area contributed by atoms with Crippen LogP contribution in [0.3, 0.4) is 0 Å². The number of nitrogens with zero attached hydrogens (tertiary/aromatic N) is 3. The Morgan fingerprint density at radius 2 is 2.00 bits per heavy atom. The molecule has 0 N–H and O–H groups in total. The third-order valence-corrected chi connectivity index (χ3v) is 4.16. The van der Waals surface area contributed by atoms with Crippen molar-refractivity contribution in [2.24, 2.45) is 5.41 Å². The van der Waals surface area contributed by atoms with Gasteiger partial charge in [0.15, 0.2) is 0 Å². The molecule has 108 valence electrons. The second-order valence-electron chi connectivity index (χ2n) is 5.25. The standard InChI is InChI=1S/C13H23N3O2S/c1-4-6-13(10-19,7-5-2)9-15-8-11(3)12(14-15)16(17)18/h8,19H,4-7,9-10H2,1-3H3. The summed E-state index contributed by atoms with van der Waals surface area (Å²) in [6.45, 7) is 6.74. The number of nitro groups is 1. The zero-order valence-electron chi connectivity index (χ0n) is 11.9. The molecule has 19 heavy (non-hydrogen) atoms. The van der Waals surface area contributed by atoms with Crippen molar-refractivity contribution < 1.29 is 4.92 Å². The van der Waals surface area contributed by atoms with Crippen LogP contribution in [-0.2, 0) is 6.54 Å².